The number of nitrogens with zero attached hydrogens (tertiary/aromatic N) is 2. The van der Waals surface area contributed by atoms with Crippen LogP contribution >= 0.6 is 0 Å². The van der Waals surface area contributed by atoms with Crippen molar-refractivity contribution >= 4 is 16.1 Å². The maximum Gasteiger partial charge on any atom is 0.410 e. The van der Waals surface area contributed by atoms with Crippen LogP contribution in [-0.4, -0.2) is 61.2 Å². The Kier molecular flexibility index (Phi) is 5.55. The first-order valence-electron chi connectivity index (χ1n) is 8.05. The van der Waals surface area contributed by atoms with Crippen LogP contribution in [0.4, 0.5) is 4.79 Å². The monoisotopic (exact) mass is 354 g/mol. The molecule has 1 aliphatic rings. The number of piperazine rings is 1. The lowest BCUT2D eigenvalue weighted by atomic mass is 10.0. The largest absolute Gasteiger partial charge is 0.444 e. The number of amides is 1. The molecule has 1 aromatic rings. The molecule has 1 fully saturated rings. The Bertz CT molecular complexity index is 668. The zero-order chi connectivity index (χ0) is 18.0. The molecule has 1 saturated heterocycles. The van der Waals surface area contributed by atoms with Crippen molar-refractivity contribution in [3.63, 3.8) is 0 Å². The van der Waals surface area contributed by atoms with Gasteiger partial charge in [-0.05, 0) is 32.8 Å². The number of sulfonamides is 1. The van der Waals surface area contributed by atoms with Crippen LogP contribution in [0.15, 0.2) is 30.3 Å². The summed E-state index contributed by atoms with van der Waals surface area (Å²) in [6, 6.07) is 9.51. The van der Waals surface area contributed by atoms with Gasteiger partial charge in [-0.15, -0.1) is 0 Å². The number of ether oxygens (including phenoxy) is 1. The minimum atomic E-state index is -3.28. The lowest BCUT2D eigenvalue weighted by molar-refractivity contribution is 0.00630. The second-order valence-electron chi connectivity index (χ2n) is 7.14. The van der Waals surface area contributed by atoms with Gasteiger partial charge in [0.2, 0.25) is 10.0 Å². The van der Waals surface area contributed by atoms with E-state index in [1.807, 2.05) is 51.1 Å². The molecule has 134 valence electrons. The minimum absolute atomic E-state index is 0.245. The van der Waals surface area contributed by atoms with Crippen molar-refractivity contribution in [1.82, 2.24) is 9.21 Å². The van der Waals surface area contributed by atoms with Crippen LogP contribution in [0, 0.1) is 0 Å². The third-order valence-electron chi connectivity index (χ3n) is 3.86. The molecular formula is C17H26N2O4S. The highest BCUT2D eigenvalue weighted by Gasteiger charge is 2.36. The average Bonchev–Trinajstić information content (AvgIpc) is 2.45. The molecular weight excluding hydrogens is 328 g/mol. The summed E-state index contributed by atoms with van der Waals surface area (Å²) in [6.45, 7) is 6.38. The molecule has 6 nitrogen and oxygen atoms in total. The van der Waals surface area contributed by atoms with Gasteiger partial charge in [0.05, 0.1) is 12.3 Å². The molecule has 2 rings (SSSR count). The Morgan fingerprint density at radius 3 is 2.38 bits per heavy atom. The molecule has 24 heavy (non-hydrogen) atoms. The van der Waals surface area contributed by atoms with Gasteiger partial charge in [0.1, 0.15) is 5.60 Å². The van der Waals surface area contributed by atoms with E-state index in [1.54, 1.807) is 4.90 Å². The van der Waals surface area contributed by atoms with Crippen molar-refractivity contribution in [3.8, 4) is 0 Å². The number of hydrogen-bond acceptors (Lipinski definition) is 4. The smallest absolute Gasteiger partial charge is 0.410 e. The lowest BCUT2D eigenvalue weighted by Gasteiger charge is -2.40. The van der Waals surface area contributed by atoms with E-state index in [1.165, 1.54) is 10.6 Å². The Morgan fingerprint density at radius 2 is 1.83 bits per heavy atom. The number of carbonyl (C=O) groups is 1. The molecule has 1 atom stereocenters. The molecule has 0 unspecified atom stereocenters. The van der Waals surface area contributed by atoms with Crippen molar-refractivity contribution in [1.29, 1.82) is 0 Å². The first-order valence-corrected chi connectivity index (χ1v) is 9.90. The normalized spacial score (nSPS) is 20.0. The lowest BCUT2D eigenvalue weighted by Crippen LogP contribution is -2.57. The standard InChI is InChI=1S/C17H26N2O4S/c1-17(2,3)23-16(20)19-11-10-18(24(4,21)22)13-15(19)12-14-8-6-5-7-9-14/h5-9,15H,10-13H2,1-4H3/t15-/m1/s1. The second kappa shape index (κ2) is 7.11. The summed E-state index contributed by atoms with van der Waals surface area (Å²) in [7, 11) is -3.28. The zero-order valence-electron chi connectivity index (χ0n) is 14.7. The molecule has 0 bridgehead atoms. The SMILES string of the molecule is CC(C)(C)OC(=O)N1CCN(S(C)(=O)=O)C[C@H]1Cc1ccccc1. The van der Waals surface area contributed by atoms with E-state index in [0.717, 1.165) is 5.56 Å². The van der Waals surface area contributed by atoms with Crippen LogP contribution in [0.1, 0.15) is 26.3 Å². The predicted octanol–water partition coefficient (Wildman–Crippen LogP) is 2.11. The molecule has 1 aromatic carbocycles. The third kappa shape index (κ3) is 5.21. The van der Waals surface area contributed by atoms with Gasteiger partial charge >= 0.3 is 6.09 Å². The van der Waals surface area contributed by atoms with Crippen molar-refractivity contribution in [2.75, 3.05) is 25.9 Å². The van der Waals surface area contributed by atoms with E-state index in [9.17, 15) is 13.2 Å². The van der Waals surface area contributed by atoms with Crippen molar-refractivity contribution in [2.24, 2.45) is 0 Å². The molecule has 0 spiro atoms. The van der Waals surface area contributed by atoms with Crippen LogP contribution in [0.2, 0.25) is 0 Å². The van der Waals surface area contributed by atoms with Gasteiger partial charge < -0.3 is 9.64 Å². The van der Waals surface area contributed by atoms with Gasteiger partial charge in [0, 0.05) is 19.6 Å². The summed E-state index contributed by atoms with van der Waals surface area (Å²) in [5, 5.41) is 0. The summed E-state index contributed by atoms with van der Waals surface area (Å²) in [5.74, 6) is 0. The summed E-state index contributed by atoms with van der Waals surface area (Å²) in [6.07, 6.45) is 1.40. The van der Waals surface area contributed by atoms with E-state index >= 15 is 0 Å². The van der Waals surface area contributed by atoms with Crippen LogP contribution in [0.3, 0.4) is 0 Å². The number of benzene rings is 1. The number of hydrogen-bond donors (Lipinski definition) is 0. The fraction of sp³-hybridized carbons (Fsp3) is 0.588. The summed E-state index contributed by atoms with van der Waals surface area (Å²) < 4.78 is 30.7. The van der Waals surface area contributed by atoms with Gasteiger partial charge in [0.15, 0.2) is 0 Å². The Hall–Kier alpha value is -1.60. The average molecular weight is 354 g/mol. The van der Waals surface area contributed by atoms with Crippen LogP contribution < -0.4 is 0 Å². The molecule has 1 heterocycles. The second-order valence-corrected chi connectivity index (χ2v) is 9.12. The van der Waals surface area contributed by atoms with E-state index in [2.05, 4.69) is 0 Å². The highest BCUT2D eigenvalue weighted by atomic mass is 32.2. The maximum absolute atomic E-state index is 12.5. The highest BCUT2D eigenvalue weighted by Crippen LogP contribution is 2.20. The summed E-state index contributed by atoms with van der Waals surface area (Å²) in [5.41, 5.74) is 0.480. The van der Waals surface area contributed by atoms with Crippen LogP contribution in [0.5, 0.6) is 0 Å². The maximum atomic E-state index is 12.5. The Labute approximate surface area is 144 Å². The Morgan fingerprint density at radius 1 is 1.21 bits per heavy atom. The van der Waals surface area contributed by atoms with Gasteiger partial charge in [-0.25, -0.2) is 13.2 Å². The van der Waals surface area contributed by atoms with Crippen LogP contribution in [0.25, 0.3) is 0 Å². The molecule has 7 heteroatoms. The molecule has 1 aliphatic heterocycles. The van der Waals surface area contributed by atoms with Crippen molar-refractivity contribution < 1.29 is 17.9 Å². The highest BCUT2D eigenvalue weighted by molar-refractivity contribution is 7.88. The van der Waals surface area contributed by atoms with E-state index in [-0.39, 0.29) is 12.6 Å². The number of carbonyl (C=O) groups excluding carboxylic acids is 1. The quantitative estimate of drug-likeness (QED) is 0.834. The predicted molar refractivity (Wildman–Crippen MR) is 93.3 cm³/mol. The van der Waals surface area contributed by atoms with Crippen molar-refractivity contribution in [3.05, 3.63) is 35.9 Å². The topological polar surface area (TPSA) is 66.9 Å². The minimum Gasteiger partial charge on any atom is -0.444 e. The fourth-order valence-electron chi connectivity index (χ4n) is 2.75. The van der Waals surface area contributed by atoms with Gasteiger partial charge in [-0.2, -0.15) is 4.31 Å². The molecule has 1 amide bonds. The van der Waals surface area contributed by atoms with E-state index < -0.39 is 21.7 Å². The summed E-state index contributed by atoms with van der Waals surface area (Å²) in [4.78, 5) is 14.2. The first-order chi connectivity index (χ1) is 11.1. The first kappa shape index (κ1) is 18.7. The number of rotatable bonds is 3. The van der Waals surface area contributed by atoms with Gasteiger partial charge in [0.25, 0.3) is 0 Å². The van der Waals surface area contributed by atoms with Crippen LogP contribution in [-0.2, 0) is 21.2 Å². The molecule has 0 saturated carbocycles. The summed E-state index contributed by atoms with van der Waals surface area (Å²) >= 11 is 0. The van der Waals surface area contributed by atoms with Gasteiger partial charge in [-0.3, -0.25) is 0 Å². The molecule has 0 aliphatic carbocycles. The zero-order valence-corrected chi connectivity index (χ0v) is 15.5. The van der Waals surface area contributed by atoms with Gasteiger partial charge in [-0.1, -0.05) is 30.3 Å². The fourth-order valence-corrected chi connectivity index (χ4v) is 3.61. The molecule has 0 N–H and O–H groups in total. The van der Waals surface area contributed by atoms with E-state index in [4.69, 9.17) is 4.74 Å². The van der Waals surface area contributed by atoms with E-state index in [0.29, 0.717) is 19.5 Å². The van der Waals surface area contributed by atoms with Crippen molar-refractivity contribution in [2.45, 2.75) is 38.8 Å². The molecule has 0 radical (unpaired) electrons. The Balaban J connectivity index is 2.20. The molecule has 0 aromatic heterocycles. The third-order valence-corrected chi connectivity index (χ3v) is 5.13.